The maximum Gasteiger partial charge on any atom is 0.410 e. The zero-order valence-corrected chi connectivity index (χ0v) is 22.5. The summed E-state index contributed by atoms with van der Waals surface area (Å²) < 4.78 is 11.8. The first-order chi connectivity index (χ1) is 17.8. The largest absolute Gasteiger partial charge is 0.491 e. The molecule has 1 aromatic carbocycles. The van der Waals surface area contributed by atoms with E-state index in [0.717, 1.165) is 27.6 Å². The predicted octanol–water partition coefficient (Wildman–Crippen LogP) is 4.40. The van der Waals surface area contributed by atoms with E-state index in [2.05, 4.69) is 27.1 Å². The van der Waals surface area contributed by atoms with Crippen LogP contribution in [0.15, 0.2) is 48.7 Å². The van der Waals surface area contributed by atoms with Gasteiger partial charge in [-0.05, 0) is 26.3 Å². The molecule has 2 amide bonds. The number of aromatic nitrogens is 2. The summed E-state index contributed by atoms with van der Waals surface area (Å²) in [5, 5.41) is 3.32. The van der Waals surface area contributed by atoms with E-state index in [9.17, 15) is 9.59 Å². The summed E-state index contributed by atoms with van der Waals surface area (Å²) in [7, 11) is 0. The Morgan fingerprint density at radius 1 is 1.14 bits per heavy atom. The van der Waals surface area contributed by atoms with Crippen LogP contribution in [0.2, 0.25) is 0 Å². The molecule has 1 aliphatic heterocycles. The van der Waals surface area contributed by atoms with Gasteiger partial charge in [-0.1, -0.05) is 30.3 Å². The number of nitrogens with one attached hydrogen (secondary N) is 1. The van der Waals surface area contributed by atoms with Gasteiger partial charge >= 0.3 is 6.09 Å². The van der Waals surface area contributed by atoms with E-state index in [0.29, 0.717) is 31.4 Å². The summed E-state index contributed by atoms with van der Waals surface area (Å²) in [6.07, 6.45) is 1.44. The molecule has 3 aromatic rings. The minimum atomic E-state index is -0.350. The van der Waals surface area contributed by atoms with Gasteiger partial charge in [-0.15, -0.1) is 11.3 Å². The molecule has 196 valence electrons. The van der Waals surface area contributed by atoms with Crippen molar-refractivity contribution in [3.05, 3.63) is 70.5 Å². The second-order valence-corrected chi connectivity index (χ2v) is 10.4. The van der Waals surface area contributed by atoms with E-state index in [1.165, 1.54) is 18.3 Å². The van der Waals surface area contributed by atoms with Crippen molar-refractivity contribution in [2.75, 3.05) is 25.0 Å². The lowest BCUT2D eigenvalue weighted by atomic mass is 10.1. The zero-order chi connectivity index (χ0) is 26.4. The smallest absolute Gasteiger partial charge is 0.410 e. The number of piperazine rings is 1. The van der Waals surface area contributed by atoms with E-state index in [1.807, 2.05) is 56.3 Å². The summed E-state index contributed by atoms with van der Waals surface area (Å²) in [6, 6.07) is 13.3. The van der Waals surface area contributed by atoms with Crippen LogP contribution in [0.4, 0.5) is 9.93 Å². The number of carbonyl (C=O) groups is 2. The van der Waals surface area contributed by atoms with Crippen LogP contribution in [0, 0.1) is 13.8 Å². The number of benzene rings is 1. The third-order valence-corrected chi connectivity index (χ3v) is 7.00. The summed E-state index contributed by atoms with van der Waals surface area (Å²) in [6.45, 7) is 9.75. The molecule has 0 radical (unpaired) electrons. The highest BCUT2D eigenvalue weighted by Gasteiger charge is 2.36. The Balaban J connectivity index is 1.46. The monoisotopic (exact) mass is 523 g/mol. The molecule has 4 rings (SSSR count). The first kappa shape index (κ1) is 26.6. The average Bonchev–Trinajstić information content (AvgIpc) is 3.28. The van der Waals surface area contributed by atoms with Crippen molar-refractivity contribution in [2.45, 2.75) is 52.9 Å². The van der Waals surface area contributed by atoms with Crippen LogP contribution >= 0.6 is 11.3 Å². The fourth-order valence-corrected chi connectivity index (χ4v) is 5.23. The van der Waals surface area contributed by atoms with E-state index in [-0.39, 0.29) is 30.7 Å². The van der Waals surface area contributed by atoms with Gasteiger partial charge in [0, 0.05) is 67.2 Å². The zero-order valence-electron chi connectivity index (χ0n) is 21.6. The highest BCUT2D eigenvalue weighted by Crippen LogP contribution is 2.25. The molecular weight excluding hydrogens is 490 g/mol. The van der Waals surface area contributed by atoms with Gasteiger partial charge in [0.1, 0.15) is 19.0 Å². The summed E-state index contributed by atoms with van der Waals surface area (Å²) in [5.41, 5.74) is 2.71. The number of nitrogens with zero attached hydrogens (tertiary/aromatic N) is 4. The van der Waals surface area contributed by atoms with Gasteiger partial charge < -0.3 is 14.8 Å². The SMILES string of the molecule is CC(=O)Nc1ncc(CN2C[C@@H](COc3cc(C)nc(C)c3)N(C(=O)OCc3ccccc3)C[C@@H]2C)s1. The van der Waals surface area contributed by atoms with Gasteiger partial charge in [0.2, 0.25) is 5.91 Å². The van der Waals surface area contributed by atoms with Crippen LogP contribution in [-0.4, -0.2) is 63.5 Å². The first-order valence-electron chi connectivity index (χ1n) is 12.3. The van der Waals surface area contributed by atoms with Crippen molar-refractivity contribution in [3.8, 4) is 5.75 Å². The molecule has 1 N–H and O–H groups in total. The van der Waals surface area contributed by atoms with Gasteiger partial charge in [0.25, 0.3) is 0 Å². The summed E-state index contributed by atoms with van der Waals surface area (Å²) >= 11 is 1.46. The highest BCUT2D eigenvalue weighted by atomic mass is 32.1. The normalized spacial score (nSPS) is 17.9. The topological polar surface area (TPSA) is 96.9 Å². The quantitative estimate of drug-likeness (QED) is 0.467. The summed E-state index contributed by atoms with van der Waals surface area (Å²) in [5.74, 6) is 0.589. The van der Waals surface area contributed by atoms with Gasteiger partial charge in [0.05, 0.1) is 6.04 Å². The van der Waals surface area contributed by atoms with Crippen LogP contribution in [-0.2, 0) is 22.7 Å². The summed E-state index contributed by atoms with van der Waals surface area (Å²) in [4.78, 5) is 38.4. The van der Waals surface area contributed by atoms with Crippen LogP contribution in [0.25, 0.3) is 0 Å². The Morgan fingerprint density at radius 3 is 2.57 bits per heavy atom. The number of ether oxygens (including phenoxy) is 2. The molecule has 1 aliphatic rings. The van der Waals surface area contributed by atoms with E-state index in [1.54, 1.807) is 11.1 Å². The Hall–Kier alpha value is -3.50. The lowest BCUT2D eigenvalue weighted by Crippen LogP contribution is -2.60. The Kier molecular flexibility index (Phi) is 8.73. The highest BCUT2D eigenvalue weighted by molar-refractivity contribution is 7.15. The predicted molar refractivity (Wildman–Crippen MR) is 143 cm³/mol. The molecule has 0 spiro atoms. The van der Waals surface area contributed by atoms with Crippen molar-refractivity contribution in [3.63, 3.8) is 0 Å². The Morgan fingerprint density at radius 2 is 1.86 bits per heavy atom. The van der Waals surface area contributed by atoms with E-state index in [4.69, 9.17) is 9.47 Å². The standard InChI is InChI=1S/C27H33N5O4S/c1-18-10-24(11-19(2)29-18)35-17-23-14-31(15-25-12-28-26(37-25)30-21(4)33)20(3)13-32(23)27(34)36-16-22-8-6-5-7-9-22/h5-12,20,23H,13-17H2,1-4H3,(H,28,30,33)/t20-,23-/m0/s1. The minimum absolute atomic E-state index is 0.0947. The number of hydrogen-bond acceptors (Lipinski definition) is 8. The second-order valence-electron chi connectivity index (χ2n) is 9.33. The van der Waals surface area contributed by atoms with E-state index >= 15 is 0 Å². The molecule has 0 unspecified atom stereocenters. The molecule has 9 nitrogen and oxygen atoms in total. The van der Waals surface area contributed by atoms with Crippen LogP contribution in [0.3, 0.4) is 0 Å². The minimum Gasteiger partial charge on any atom is -0.491 e. The molecule has 0 aliphatic carbocycles. The van der Waals surface area contributed by atoms with Crippen molar-refractivity contribution in [1.29, 1.82) is 0 Å². The molecule has 37 heavy (non-hydrogen) atoms. The van der Waals surface area contributed by atoms with Crippen molar-refractivity contribution in [2.24, 2.45) is 0 Å². The van der Waals surface area contributed by atoms with Crippen molar-refractivity contribution >= 4 is 28.5 Å². The number of thiazole rings is 1. The molecule has 2 atom stereocenters. The maximum atomic E-state index is 13.2. The van der Waals surface area contributed by atoms with Crippen molar-refractivity contribution in [1.82, 2.24) is 19.8 Å². The number of anilines is 1. The maximum absolute atomic E-state index is 13.2. The number of pyridine rings is 1. The lowest BCUT2D eigenvalue weighted by molar-refractivity contribution is -0.114. The van der Waals surface area contributed by atoms with Gasteiger partial charge in [-0.3, -0.25) is 19.6 Å². The molecule has 10 heteroatoms. The average molecular weight is 524 g/mol. The lowest BCUT2D eigenvalue weighted by Gasteiger charge is -2.44. The van der Waals surface area contributed by atoms with Gasteiger partial charge in [0.15, 0.2) is 5.13 Å². The third kappa shape index (κ3) is 7.50. The fraction of sp³-hybridized carbons (Fsp3) is 0.407. The van der Waals surface area contributed by atoms with Crippen LogP contribution in [0.1, 0.15) is 35.7 Å². The number of rotatable bonds is 8. The molecule has 0 bridgehead atoms. The van der Waals surface area contributed by atoms with E-state index < -0.39 is 0 Å². The Labute approximate surface area is 221 Å². The number of amides is 2. The molecule has 3 heterocycles. The van der Waals surface area contributed by atoms with Crippen LogP contribution in [0.5, 0.6) is 5.75 Å². The number of hydrogen-bond donors (Lipinski definition) is 1. The molecular formula is C27H33N5O4S. The number of aryl methyl sites for hydroxylation is 2. The van der Waals surface area contributed by atoms with Crippen molar-refractivity contribution < 1.29 is 19.1 Å². The molecule has 1 saturated heterocycles. The first-order valence-corrected chi connectivity index (χ1v) is 13.1. The molecule has 1 fully saturated rings. The molecule has 2 aromatic heterocycles. The number of carbonyl (C=O) groups excluding carboxylic acids is 2. The third-order valence-electron chi connectivity index (χ3n) is 6.10. The van der Waals surface area contributed by atoms with Gasteiger partial charge in [-0.2, -0.15) is 0 Å². The van der Waals surface area contributed by atoms with Gasteiger partial charge in [-0.25, -0.2) is 9.78 Å². The molecule has 0 saturated carbocycles. The second kappa shape index (κ2) is 12.2. The Bertz CT molecular complexity index is 1200. The fourth-order valence-electron chi connectivity index (χ4n) is 4.35. The van der Waals surface area contributed by atoms with Crippen LogP contribution < -0.4 is 10.1 Å².